The van der Waals surface area contributed by atoms with Gasteiger partial charge in [-0.15, -0.1) is 0 Å². The van der Waals surface area contributed by atoms with E-state index >= 15 is 0 Å². The van der Waals surface area contributed by atoms with E-state index in [4.69, 9.17) is 5.11 Å². The number of hydrogen-bond acceptors (Lipinski definition) is 5. The predicted molar refractivity (Wildman–Crippen MR) is 84.1 cm³/mol. The molecule has 0 aliphatic rings. The van der Waals surface area contributed by atoms with Gasteiger partial charge in [0.2, 0.25) is 0 Å². The maximum absolute atomic E-state index is 12.0. The zero-order valence-electron chi connectivity index (χ0n) is 12.8. The van der Waals surface area contributed by atoms with Gasteiger partial charge in [0, 0.05) is 0 Å². The predicted octanol–water partition coefficient (Wildman–Crippen LogP) is 2.23. The molecule has 0 radical (unpaired) electrons. The molecule has 3 N–H and O–H groups in total. The summed E-state index contributed by atoms with van der Waals surface area (Å²) in [5.41, 5.74) is -1.19. The lowest BCUT2D eigenvalue weighted by atomic mass is 9.93. The van der Waals surface area contributed by atoms with E-state index in [9.17, 15) is 29.4 Å². The minimum absolute atomic E-state index is 0.117. The molecule has 2 rings (SSSR count). The average Bonchev–Trinajstić information content (AvgIpc) is 2.59. The average molecular weight is 344 g/mol. The standard InChI is InChI=1S/C17H12O8/c1-25-17(24)13-9(3-2-4-11(13)15(20)21)8-5-6-10(14(18)19)12(7-8)16(22)23/h2-7H,1H3,(H,18,19)(H,20,21)(H,22,23). The molecule has 0 saturated heterocycles. The van der Waals surface area contributed by atoms with Gasteiger partial charge in [-0.2, -0.15) is 0 Å². The fourth-order valence-corrected chi connectivity index (χ4v) is 2.37. The van der Waals surface area contributed by atoms with Crippen molar-refractivity contribution in [3.8, 4) is 11.1 Å². The van der Waals surface area contributed by atoms with Crippen molar-refractivity contribution in [2.75, 3.05) is 7.11 Å². The van der Waals surface area contributed by atoms with Crippen LogP contribution in [0.3, 0.4) is 0 Å². The summed E-state index contributed by atoms with van der Waals surface area (Å²) in [6.45, 7) is 0. The van der Waals surface area contributed by atoms with Crippen molar-refractivity contribution in [3.05, 3.63) is 58.7 Å². The topological polar surface area (TPSA) is 138 Å². The zero-order valence-corrected chi connectivity index (χ0v) is 12.8. The van der Waals surface area contributed by atoms with Crippen molar-refractivity contribution in [1.82, 2.24) is 0 Å². The third-order valence-corrected chi connectivity index (χ3v) is 3.48. The summed E-state index contributed by atoms with van der Waals surface area (Å²) in [4.78, 5) is 45.8. The number of carbonyl (C=O) groups is 4. The first kappa shape index (κ1) is 17.7. The molecule has 2 aromatic rings. The van der Waals surface area contributed by atoms with E-state index in [1.54, 1.807) is 0 Å². The highest BCUT2D eigenvalue weighted by atomic mass is 16.5. The molecule has 8 nitrogen and oxygen atoms in total. The van der Waals surface area contributed by atoms with Crippen LogP contribution in [0, 0.1) is 0 Å². The fraction of sp³-hybridized carbons (Fsp3) is 0.0588. The molecule has 25 heavy (non-hydrogen) atoms. The first-order valence-electron chi connectivity index (χ1n) is 6.83. The number of esters is 1. The van der Waals surface area contributed by atoms with Crippen LogP contribution >= 0.6 is 0 Å². The molecule has 8 heteroatoms. The van der Waals surface area contributed by atoms with Gasteiger partial charge in [0.15, 0.2) is 0 Å². The Morgan fingerprint density at radius 1 is 0.800 bits per heavy atom. The quantitative estimate of drug-likeness (QED) is 0.702. The molecule has 0 spiro atoms. The van der Waals surface area contributed by atoms with Gasteiger partial charge in [-0.05, 0) is 29.3 Å². The summed E-state index contributed by atoms with van der Waals surface area (Å²) in [6.07, 6.45) is 0. The molecule has 0 saturated carbocycles. The van der Waals surface area contributed by atoms with Crippen LogP contribution in [0.5, 0.6) is 0 Å². The Bertz CT molecular complexity index is 898. The number of rotatable bonds is 5. The van der Waals surface area contributed by atoms with E-state index < -0.39 is 35.0 Å². The molecule has 0 aromatic heterocycles. The van der Waals surface area contributed by atoms with Crippen LogP contribution in [0.15, 0.2) is 36.4 Å². The van der Waals surface area contributed by atoms with Gasteiger partial charge < -0.3 is 20.1 Å². The van der Waals surface area contributed by atoms with Gasteiger partial charge in [0.05, 0.1) is 29.4 Å². The second kappa shape index (κ2) is 6.83. The molecule has 0 atom stereocenters. The molecular formula is C17H12O8. The maximum atomic E-state index is 12.0. The van der Waals surface area contributed by atoms with Crippen molar-refractivity contribution >= 4 is 23.9 Å². The number of methoxy groups -OCH3 is 1. The number of benzene rings is 2. The molecule has 128 valence electrons. The van der Waals surface area contributed by atoms with E-state index in [-0.39, 0.29) is 22.3 Å². The fourth-order valence-electron chi connectivity index (χ4n) is 2.37. The lowest BCUT2D eigenvalue weighted by Gasteiger charge is -2.12. The smallest absolute Gasteiger partial charge is 0.339 e. The minimum atomic E-state index is -1.46. The molecule has 0 fully saturated rings. The molecule has 0 aliphatic heterocycles. The van der Waals surface area contributed by atoms with E-state index in [0.717, 1.165) is 19.2 Å². The Balaban J connectivity index is 2.78. The van der Waals surface area contributed by atoms with Gasteiger partial charge in [0.25, 0.3) is 0 Å². The van der Waals surface area contributed by atoms with Crippen LogP contribution in [0.1, 0.15) is 41.4 Å². The van der Waals surface area contributed by atoms with Crippen molar-refractivity contribution in [2.45, 2.75) is 0 Å². The zero-order chi connectivity index (χ0) is 18.7. The Labute approximate surface area is 140 Å². The van der Waals surface area contributed by atoms with E-state index in [1.807, 2.05) is 0 Å². The van der Waals surface area contributed by atoms with Crippen LogP contribution in [0.2, 0.25) is 0 Å². The largest absolute Gasteiger partial charge is 0.478 e. The number of ether oxygens (including phenoxy) is 1. The van der Waals surface area contributed by atoms with E-state index in [0.29, 0.717) is 0 Å². The Morgan fingerprint density at radius 3 is 1.92 bits per heavy atom. The van der Waals surface area contributed by atoms with Gasteiger partial charge in [-0.3, -0.25) is 0 Å². The van der Waals surface area contributed by atoms with Gasteiger partial charge >= 0.3 is 23.9 Å². The van der Waals surface area contributed by atoms with Crippen molar-refractivity contribution in [2.24, 2.45) is 0 Å². The van der Waals surface area contributed by atoms with Crippen LogP contribution in [-0.4, -0.2) is 46.3 Å². The van der Waals surface area contributed by atoms with Crippen molar-refractivity contribution in [3.63, 3.8) is 0 Å². The highest BCUT2D eigenvalue weighted by Crippen LogP contribution is 2.29. The summed E-state index contributed by atoms with van der Waals surface area (Å²) in [5.74, 6) is -5.15. The molecule has 0 unspecified atom stereocenters. The Kier molecular flexibility index (Phi) is 4.83. The molecular weight excluding hydrogens is 332 g/mol. The van der Waals surface area contributed by atoms with E-state index in [2.05, 4.69) is 4.74 Å². The van der Waals surface area contributed by atoms with Gasteiger partial charge in [0.1, 0.15) is 0 Å². The lowest BCUT2D eigenvalue weighted by Crippen LogP contribution is -2.12. The number of carboxylic acid groups (broad SMARTS) is 3. The van der Waals surface area contributed by atoms with Crippen LogP contribution in [0.4, 0.5) is 0 Å². The molecule has 2 aromatic carbocycles. The second-order valence-corrected chi connectivity index (χ2v) is 4.90. The summed E-state index contributed by atoms with van der Waals surface area (Å²) in [6, 6.07) is 7.46. The van der Waals surface area contributed by atoms with Gasteiger partial charge in [-0.1, -0.05) is 18.2 Å². The summed E-state index contributed by atoms with van der Waals surface area (Å²) < 4.78 is 4.62. The SMILES string of the molecule is COC(=O)c1c(C(=O)O)cccc1-c1ccc(C(=O)O)c(C(=O)O)c1. The van der Waals surface area contributed by atoms with Gasteiger partial charge in [-0.25, -0.2) is 19.2 Å². The molecule has 0 heterocycles. The summed E-state index contributed by atoms with van der Waals surface area (Å²) in [5, 5.41) is 27.5. The lowest BCUT2D eigenvalue weighted by molar-refractivity contribution is 0.0583. The highest BCUT2D eigenvalue weighted by molar-refractivity contribution is 6.08. The molecule has 0 amide bonds. The first-order valence-corrected chi connectivity index (χ1v) is 6.83. The summed E-state index contributed by atoms with van der Waals surface area (Å²) in [7, 11) is 1.08. The summed E-state index contributed by atoms with van der Waals surface area (Å²) >= 11 is 0. The maximum Gasteiger partial charge on any atom is 0.339 e. The van der Waals surface area contributed by atoms with Crippen LogP contribution in [-0.2, 0) is 4.74 Å². The Morgan fingerprint density at radius 2 is 1.40 bits per heavy atom. The minimum Gasteiger partial charge on any atom is -0.478 e. The third-order valence-electron chi connectivity index (χ3n) is 3.48. The monoisotopic (exact) mass is 344 g/mol. The normalized spacial score (nSPS) is 10.1. The molecule has 0 bridgehead atoms. The van der Waals surface area contributed by atoms with Crippen molar-refractivity contribution in [1.29, 1.82) is 0 Å². The molecule has 0 aliphatic carbocycles. The highest BCUT2D eigenvalue weighted by Gasteiger charge is 2.24. The second-order valence-electron chi connectivity index (χ2n) is 4.90. The van der Waals surface area contributed by atoms with Crippen LogP contribution in [0.25, 0.3) is 11.1 Å². The van der Waals surface area contributed by atoms with Crippen molar-refractivity contribution < 1.29 is 39.2 Å². The third kappa shape index (κ3) is 3.32. The number of aromatic carboxylic acids is 3. The first-order chi connectivity index (χ1) is 11.8. The number of hydrogen-bond donors (Lipinski definition) is 3. The van der Waals surface area contributed by atoms with E-state index in [1.165, 1.54) is 24.3 Å². The number of carbonyl (C=O) groups excluding carboxylic acids is 1. The number of carboxylic acids is 3. The van der Waals surface area contributed by atoms with Crippen LogP contribution < -0.4 is 0 Å². The Hall–Kier alpha value is -3.68.